The first-order valence-electron chi connectivity index (χ1n) is 7.29. The second-order valence-electron chi connectivity index (χ2n) is 5.46. The summed E-state index contributed by atoms with van der Waals surface area (Å²) in [5, 5.41) is 1.95. The zero-order valence-corrected chi connectivity index (χ0v) is 15.1. The molecule has 126 valence electrons. The normalized spacial score (nSPS) is 18.8. The van der Waals surface area contributed by atoms with Crippen LogP contribution in [-0.4, -0.2) is 41.5 Å². The van der Waals surface area contributed by atoms with Crippen molar-refractivity contribution in [2.45, 2.75) is 30.5 Å². The number of aryl methyl sites for hydroxylation is 1. The fraction of sp³-hybridized carbons (Fsp3) is 0.500. The molecular weight excluding hydrogens is 358 g/mol. The standard InChI is InChI=1S/C14H18ClN3O3S2/c1-17-10-16-14(13(17)15)23(19,20)18(8-11-4-2-6-21-11)9-12-5-3-7-22-12/h3,5,7,10-11H,2,4,6,8-9H2,1H3/t11-/m1/s1. The molecule has 0 aliphatic carbocycles. The molecule has 0 saturated carbocycles. The van der Waals surface area contributed by atoms with Crippen LogP contribution in [0.4, 0.5) is 0 Å². The SMILES string of the molecule is Cn1cnc(S(=O)(=O)N(Cc2cccs2)C[C@H]2CCCO2)c1Cl. The molecule has 0 radical (unpaired) electrons. The third-order valence-corrected chi connectivity index (χ3v) is 6.93. The van der Waals surface area contributed by atoms with Gasteiger partial charge in [-0.3, -0.25) is 0 Å². The molecular formula is C14H18ClN3O3S2. The highest BCUT2D eigenvalue weighted by Gasteiger charge is 2.33. The number of imidazole rings is 1. The van der Waals surface area contributed by atoms with E-state index in [4.69, 9.17) is 16.3 Å². The summed E-state index contributed by atoms with van der Waals surface area (Å²) in [5.41, 5.74) is 0. The molecule has 3 heterocycles. The van der Waals surface area contributed by atoms with Crippen LogP contribution in [0.25, 0.3) is 0 Å². The van der Waals surface area contributed by atoms with Crippen LogP contribution in [0.15, 0.2) is 28.9 Å². The Morgan fingerprint density at radius 2 is 2.39 bits per heavy atom. The largest absolute Gasteiger partial charge is 0.377 e. The number of hydrogen-bond donors (Lipinski definition) is 0. The maximum atomic E-state index is 13.0. The molecule has 1 saturated heterocycles. The summed E-state index contributed by atoms with van der Waals surface area (Å²) in [5.74, 6) is 0. The van der Waals surface area contributed by atoms with Crippen LogP contribution in [0.1, 0.15) is 17.7 Å². The molecule has 3 rings (SSSR count). The van der Waals surface area contributed by atoms with Gasteiger partial charge in [0.25, 0.3) is 10.0 Å². The first-order chi connectivity index (χ1) is 11.0. The van der Waals surface area contributed by atoms with Crippen LogP contribution in [0, 0.1) is 0 Å². The van der Waals surface area contributed by atoms with Crippen molar-refractivity contribution in [3.63, 3.8) is 0 Å². The topological polar surface area (TPSA) is 64.4 Å². The minimum atomic E-state index is -3.78. The average molecular weight is 376 g/mol. The summed E-state index contributed by atoms with van der Waals surface area (Å²) in [7, 11) is -2.11. The lowest BCUT2D eigenvalue weighted by Crippen LogP contribution is -2.37. The van der Waals surface area contributed by atoms with Gasteiger partial charge in [-0.05, 0) is 24.3 Å². The minimum Gasteiger partial charge on any atom is -0.377 e. The van der Waals surface area contributed by atoms with Crippen LogP contribution in [0.2, 0.25) is 5.15 Å². The summed E-state index contributed by atoms with van der Waals surface area (Å²) in [6.45, 7) is 1.29. The predicted octanol–water partition coefficient (Wildman–Crippen LogP) is 2.50. The Hall–Kier alpha value is -0.930. The average Bonchev–Trinajstić information content (AvgIpc) is 3.23. The van der Waals surface area contributed by atoms with Gasteiger partial charge in [-0.15, -0.1) is 11.3 Å². The van der Waals surface area contributed by atoms with Gasteiger partial charge < -0.3 is 9.30 Å². The van der Waals surface area contributed by atoms with E-state index < -0.39 is 10.0 Å². The van der Waals surface area contributed by atoms with E-state index >= 15 is 0 Å². The monoisotopic (exact) mass is 375 g/mol. The smallest absolute Gasteiger partial charge is 0.264 e. The van der Waals surface area contributed by atoms with E-state index in [1.165, 1.54) is 26.5 Å². The number of halogens is 1. The maximum absolute atomic E-state index is 13.0. The van der Waals surface area contributed by atoms with Crippen molar-refractivity contribution in [3.05, 3.63) is 33.9 Å². The van der Waals surface area contributed by atoms with Crippen molar-refractivity contribution in [1.82, 2.24) is 13.9 Å². The van der Waals surface area contributed by atoms with Crippen molar-refractivity contribution < 1.29 is 13.2 Å². The highest BCUT2D eigenvalue weighted by molar-refractivity contribution is 7.89. The van der Waals surface area contributed by atoms with E-state index in [2.05, 4.69) is 4.98 Å². The van der Waals surface area contributed by atoms with Crippen LogP contribution in [-0.2, 0) is 28.4 Å². The zero-order valence-electron chi connectivity index (χ0n) is 12.7. The quantitative estimate of drug-likeness (QED) is 0.778. The number of nitrogens with zero attached hydrogens (tertiary/aromatic N) is 3. The highest BCUT2D eigenvalue weighted by atomic mass is 35.5. The summed E-state index contributed by atoms with van der Waals surface area (Å²) < 4.78 is 34.5. The summed E-state index contributed by atoms with van der Waals surface area (Å²) in [6.07, 6.45) is 3.16. The van der Waals surface area contributed by atoms with Gasteiger partial charge in [-0.2, -0.15) is 4.31 Å². The molecule has 2 aromatic heterocycles. The fourth-order valence-electron chi connectivity index (χ4n) is 2.53. The van der Waals surface area contributed by atoms with Gasteiger partial charge in [0, 0.05) is 31.6 Å². The molecule has 1 atom stereocenters. The molecule has 0 aromatic carbocycles. The second kappa shape index (κ2) is 6.90. The van der Waals surface area contributed by atoms with E-state index in [0.29, 0.717) is 19.7 Å². The van der Waals surface area contributed by atoms with Gasteiger partial charge in [0.15, 0.2) is 0 Å². The van der Waals surface area contributed by atoms with Crippen LogP contribution < -0.4 is 0 Å². The first kappa shape index (κ1) is 16.9. The van der Waals surface area contributed by atoms with Crippen molar-refractivity contribution in [3.8, 4) is 0 Å². The number of aromatic nitrogens is 2. The summed E-state index contributed by atoms with van der Waals surface area (Å²) >= 11 is 7.63. The van der Waals surface area contributed by atoms with Crippen molar-refractivity contribution >= 4 is 33.0 Å². The molecule has 0 unspecified atom stereocenters. The number of thiophene rings is 1. The Balaban J connectivity index is 1.90. The van der Waals surface area contributed by atoms with Gasteiger partial charge in [0.05, 0.1) is 12.4 Å². The Bertz CT molecular complexity index is 752. The predicted molar refractivity (Wildman–Crippen MR) is 89.1 cm³/mol. The lowest BCUT2D eigenvalue weighted by Gasteiger charge is -2.23. The highest BCUT2D eigenvalue weighted by Crippen LogP contribution is 2.26. The van der Waals surface area contributed by atoms with Gasteiger partial charge >= 0.3 is 0 Å². The number of sulfonamides is 1. The van der Waals surface area contributed by atoms with Crippen molar-refractivity contribution in [2.75, 3.05) is 13.2 Å². The zero-order chi connectivity index (χ0) is 16.4. The molecule has 0 N–H and O–H groups in total. The van der Waals surface area contributed by atoms with E-state index in [1.807, 2.05) is 17.5 Å². The van der Waals surface area contributed by atoms with Crippen LogP contribution in [0.3, 0.4) is 0 Å². The van der Waals surface area contributed by atoms with Gasteiger partial charge in [0.2, 0.25) is 5.03 Å². The summed E-state index contributed by atoms with van der Waals surface area (Å²) in [4.78, 5) is 4.95. The molecule has 2 aromatic rings. The Labute approximate surface area is 144 Å². The van der Waals surface area contributed by atoms with Gasteiger partial charge in [0.1, 0.15) is 5.15 Å². The first-order valence-corrected chi connectivity index (χ1v) is 9.99. The van der Waals surface area contributed by atoms with Crippen molar-refractivity contribution in [2.24, 2.45) is 7.05 Å². The molecule has 1 aliphatic rings. The number of ether oxygens (including phenoxy) is 1. The molecule has 1 aliphatic heterocycles. The Morgan fingerprint density at radius 1 is 1.57 bits per heavy atom. The third kappa shape index (κ3) is 3.61. The molecule has 0 spiro atoms. The molecule has 9 heteroatoms. The number of rotatable bonds is 6. The molecule has 6 nitrogen and oxygen atoms in total. The molecule has 0 amide bonds. The van der Waals surface area contributed by atoms with E-state index in [-0.39, 0.29) is 16.3 Å². The van der Waals surface area contributed by atoms with Gasteiger partial charge in [-0.1, -0.05) is 17.7 Å². The lowest BCUT2D eigenvalue weighted by molar-refractivity contribution is 0.0927. The molecule has 23 heavy (non-hydrogen) atoms. The Kier molecular flexibility index (Phi) is 5.07. The lowest BCUT2D eigenvalue weighted by atomic mass is 10.2. The molecule has 0 bridgehead atoms. The van der Waals surface area contributed by atoms with Gasteiger partial charge in [-0.25, -0.2) is 13.4 Å². The second-order valence-corrected chi connectivity index (χ2v) is 8.71. The fourth-order valence-corrected chi connectivity index (χ4v) is 5.17. The van der Waals surface area contributed by atoms with E-state index in [1.54, 1.807) is 7.05 Å². The van der Waals surface area contributed by atoms with Crippen LogP contribution >= 0.6 is 22.9 Å². The Morgan fingerprint density at radius 3 is 2.96 bits per heavy atom. The van der Waals surface area contributed by atoms with E-state index in [0.717, 1.165) is 17.7 Å². The minimum absolute atomic E-state index is 0.0766. The maximum Gasteiger partial charge on any atom is 0.264 e. The summed E-state index contributed by atoms with van der Waals surface area (Å²) in [6, 6.07) is 3.83. The van der Waals surface area contributed by atoms with E-state index in [9.17, 15) is 8.42 Å². The third-order valence-electron chi connectivity index (χ3n) is 3.76. The molecule has 1 fully saturated rings. The van der Waals surface area contributed by atoms with Crippen LogP contribution in [0.5, 0.6) is 0 Å². The van der Waals surface area contributed by atoms with Crippen molar-refractivity contribution in [1.29, 1.82) is 0 Å². The number of hydrogen-bond acceptors (Lipinski definition) is 5.